The second-order valence-corrected chi connectivity index (χ2v) is 5.63. The van der Waals surface area contributed by atoms with Crippen molar-refractivity contribution in [1.29, 1.82) is 0 Å². The Hall–Kier alpha value is -1.39. The van der Waals surface area contributed by atoms with Gasteiger partial charge in [-0.05, 0) is 35.4 Å². The quantitative estimate of drug-likeness (QED) is 0.866. The van der Waals surface area contributed by atoms with Gasteiger partial charge >= 0.3 is 0 Å². The highest BCUT2D eigenvalue weighted by atomic mass is 32.2. The van der Waals surface area contributed by atoms with Crippen molar-refractivity contribution in [3.63, 3.8) is 0 Å². The molecular weight excluding hydrogens is 248 g/mol. The second kappa shape index (κ2) is 4.71. The van der Waals surface area contributed by atoms with Crippen LogP contribution in [0.1, 0.15) is 25.0 Å². The third-order valence-corrected chi connectivity index (χ3v) is 4.11. The van der Waals surface area contributed by atoms with Gasteiger partial charge in [-0.15, -0.1) is 0 Å². The Balaban J connectivity index is 2.98. The maximum Gasteiger partial charge on any atom is 0.295 e. The van der Waals surface area contributed by atoms with Crippen LogP contribution in [0.4, 0.5) is 0 Å². The molecule has 0 saturated carbocycles. The molecule has 0 aromatic heterocycles. The van der Waals surface area contributed by atoms with E-state index >= 15 is 0 Å². The van der Waals surface area contributed by atoms with Gasteiger partial charge in [-0.25, -0.2) is 0 Å². The van der Waals surface area contributed by atoms with Crippen LogP contribution in [0, 0.1) is 0 Å². The van der Waals surface area contributed by atoms with Crippen LogP contribution >= 0.6 is 0 Å². The summed E-state index contributed by atoms with van der Waals surface area (Å²) in [5.41, 5.74) is 2.03. The summed E-state index contributed by atoms with van der Waals surface area (Å²) in [5.74, 6) is 0. The lowest BCUT2D eigenvalue weighted by atomic mass is 9.97. The Bertz CT molecular complexity index is 687. The predicted octanol–water partition coefficient (Wildman–Crippen LogP) is 3.21. The lowest BCUT2D eigenvalue weighted by molar-refractivity contribution is 0.484. The average molecular weight is 264 g/mol. The minimum atomic E-state index is -4.19. The van der Waals surface area contributed by atoms with E-state index in [1.807, 2.05) is 32.0 Å². The zero-order valence-corrected chi connectivity index (χ0v) is 11.3. The Morgan fingerprint density at radius 2 is 1.61 bits per heavy atom. The van der Waals surface area contributed by atoms with Crippen molar-refractivity contribution in [3.05, 3.63) is 41.5 Å². The largest absolute Gasteiger partial charge is 0.295 e. The van der Waals surface area contributed by atoms with Crippen LogP contribution in [0.3, 0.4) is 0 Å². The molecule has 0 atom stereocenters. The second-order valence-electron chi connectivity index (χ2n) is 4.24. The maximum atomic E-state index is 11.5. The van der Waals surface area contributed by atoms with Crippen LogP contribution in [0.2, 0.25) is 0 Å². The fraction of sp³-hybridized carbons (Fsp3) is 0.286. The van der Waals surface area contributed by atoms with Crippen molar-refractivity contribution in [1.82, 2.24) is 0 Å². The van der Waals surface area contributed by atoms with Gasteiger partial charge in [0, 0.05) is 5.39 Å². The van der Waals surface area contributed by atoms with Crippen LogP contribution in [-0.4, -0.2) is 13.0 Å². The summed E-state index contributed by atoms with van der Waals surface area (Å²) < 4.78 is 32.3. The molecule has 0 aliphatic heterocycles. The highest BCUT2D eigenvalue weighted by Gasteiger charge is 2.17. The Morgan fingerprint density at radius 1 is 1.00 bits per heavy atom. The summed E-state index contributed by atoms with van der Waals surface area (Å²) in [6.07, 6.45) is 1.56. The minimum absolute atomic E-state index is 0.00662. The molecule has 0 heterocycles. The summed E-state index contributed by atoms with van der Waals surface area (Å²) in [6.45, 7) is 4.00. The molecule has 4 heteroatoms. The van der Waals surface area contributed by atoms with E-state index in [-0.39, 0.29) is 4.90 Å². The molecule has 1 N–H and O–H groups in total. The standard InChI is InChI=1S/C14H16O3S/c1-3-10-8-9-11(4-2)14-12(10)6-5-7-13(14)18(15,16)17/h5-9H,3-4H2,1-2H3,(H,15,16,17). The fourth-order valence-corrected chi connectivity index (χ4v) is 3.07. The zero-order valence-electron chi connectivity index (χ0n) is 10.5. The van der Waals surface area contributed by atoms with Crippen molar-refractivity contribution >= 4 is 20.9 Å². The van der Waals surface area contributed by atoms with Gasteiger partial charge in [0.1, 0.15) is 4.90 Å². The first-order chi connectivity index (χ1) is 8.49. The van der Waals surface area contributed by atoms with Crippen molar-refractivity contribution in [2.45, 2.75) is 31.6 Å². The number of hydrogen-bond acceptors (Lipinski definition) is 2. The van der Waals surface area contributed by atoms with Crippen molar-refractivity contribution < 1.29 is 13.0 Å². The van der Waals surface area contributed by atoms with E-state index in [4.69, 9.17) is 0 Å². The van der Waals surface area contributed by atoms with E-state index in [2.05, 4.69) is 0 Å². The monoisotopic (exact) mass is 264 g/mol. The van der Waals surface area contributed by atoms with Crippen LogP contribution in [0.15, 0.2) is 35.2 Å². The molecule has 96 valence electrons. The highest BCUT2D eigenvalue weighted by molar-refractivity contribution is 7.86. The molecule has 0 bridgehead atoms. The smallest absolute Gasteiger partial charge is 0.282 e. The molecule has 0 unspecified atom stereocenters. The molecule has 2 aromatic rings. The summed E-state index contributed by atoms with van der Waals surface area (Å²) in [6, 6.07) is 8.99. The molecule has 0 fully saturated rings. The van der Waals surface area contributed by atoms with Crippen molar-refractivity contribution in [2.75, 3.05) is 0 Å². The molecule has 0 amide bonds. The van der Waals surface area contributed by atoms with Crippen LogP contribution < -0.4 is 0 Å². The molecular formula is C14H16O3S. The van der Waals surface area contributed by atoms with Gasteiger partial charge in [0.15, 0.2) is 0 Å². The third-order valence-electron chi connectivity index (χ3n) is 3.22. The molecule has 2 rings (SSSR count). The third kappa shape index (κ3) is 2.13. The van der Waals surface area contributed by atoms with E-state index in [0.29, 0.717) is 5.39 Å². The van der Waals surface area contributed by atoms with E-state index in [0.717, 1.165) is 29.4 Å². The van der Waals surface area contributed by atoms with E-state index in [1.165, 1.54) is 6.07 Å². The molecule has 0 aliphatic rings. The zero-order chi connectivity index (χ0) is 13.3. The number of hydrogen-bond donors (Lipinski definition) is 1. The minimum Gasteiger partial charge on any atom is -0.282 e. The van der Waals surface area contributed by atoms with E-state index in [9.17, 15) is 13.0 Å². The lowest BCUT2D eigenvalue weighted by Gasteiger charge is -2.12. The van der Waals surface area contributed by atoms with Crippen LogP contribution in [0.25, 0.3) is 10.8 Å². The maximum absolute atomic E-state index is 11.5. The first kappa shape index (κ1) is 13.1. The Labute approximate surface area is 107 Å². The van der Waals surface area contributed by atoms with Crippen LogP contribution in [-0.2, 0) is 23.0 Å². The van der Waals surface area contributed by atoms with Crippen molar-refractivity contribution in [2.24, 2.45) is 0 Å². The van der Waals surface area contributed by atoms with Gasteiger partial charge in [-0.1, -0.05) is 38.1 Å². The molecule has 0 saturated heterocycles. The number of rotatable bonds is 3. The molecule has 18 heavy (non-hydrogen) atoms. The van der Waals surface area contributed by atoms with Gasteiger partial charge in [0.25, 0.3) is 10.1 Å². The summed E-state index contributed by atoms with van der Waals surface area (Å²) in [4.78, 5) is 0.00662. The summed E-state index contributed by atoms with van der Waals surface area (Å²) in [7, 11) is -4.19. The summed E-state index contributed by atoms with van der Waals surface area (Å²) >= 11 is 0. The molecule has 3 nitrogen and oxygen atoms in total. The highest BCUT2D eigenvalue weighted by Crippen LogP contribution is 2.29. The molecule has 2 aromatic carbocycles. The number of fused-ring (bicyclic) bond motifs is 1. The fourth-order valence-electron chi connectivity index (χ4n) is 2.32. The van der Waals surface area contributed by atoms with Crippen molar-refractivity contribution in [3.8, 4) is 0 Å². The van der Waals surface area contributed by atoms with Gasteiger partial charge in [0.05, 0.1) is 0 Å². The van der Waals surface area contributed by atoms with Gasteiger partial charge in [-0.2, -0.15) is 8.42 Å². The molecule has 0 radical (unpaired) electrons. The van der Waals surface area contributed by atoms with E-state index < -0.39 is 10.1 Å². The predicted molar refractivity (Wildman–Crippen MR) is 72.5 cm³/mol. The van der Waals surface area contributed by atoms with Crippen LogP contribution in [0.5, 0.6) is 0 Å². The normalized spacial score (nSPS) is 11.9. The van der Waals surface area contributed by atoms with Gasteiger partial charge in [0.2, 0.25) is 0 Å². The topological polar surface area (TPSA) is 54.4 Å². The average Bonchev–Trinajstić information content (AvgIpc) is 2.35. The van der Waals surface area contributed by atoms with E-state index in [1.54, 1.807) is 6.07 Å². The number of benzene rings is 2. The van der Waals surface area contributed by atoms with Gasteiger partial charge in [-0.3, -0.25) is 4.55 Å². The lowest BCUT2D eigenvalue weighted by Crippen LogP contribution is -2.02. The SMILES string of the molecule is CCc1ccc(CC)c2c(S(=O)(=O)O)cccc12. The first-order valence-electron chi connectivity index (χ1n) is 6.00. The number of aryl methyl sites for hydroxylation is 2. The van der Waals surface area contributed by atoms with Gasteiger partial charge < -0.3 is 0 Å². The summed E-state index contributed by atoms with van der Waals surface area (Å²) in [5, 5.41) is 1.56. The Kier molecular flexibility index (Phi) is 3.41. The Morgan fingerprint density at radius 3 is 2.17 bits per heavy atom. The first-order valence-corrected chi connectivity index (χ1v) is 7.44. The molecule has 0 spiro atoms. The molecule has 0 aliphatic carbocycles.